The quantitative estimate of drug-likeness (QED) is 0.752. The summed E-state index contributed by atoms with van der Waals surface area (Å²) in [6, 6.07) is 0. The number of ether oxygens (including phenoxy) is 1. The third-order valence-corrected chi connectivity index (χ3v) is 4.46. The number of hydrogen-bond donors (Lipinski definition) is 1. The molecule has 0 aromatic carbocycles. The van der Waals surface area contributed by atoms with E-state index >= 15 is 0 Å². The third-order valence-electron chi connectivity index (χ3n) is 4.46. The molecule has 0 bridgehead atoms. The van der Waals surface area contributed by atoms with Crippen LogP contribution in [0.15, 0.2) is 0 Å². The standard InChI is InChI=1S/C14H25NO2/c1-10-5-6-13(8-11(10)2)17-14(16)12-4-3-7-15-9-12/h10-13,15H,3-9H2,1-2H3/t10?,11?,12-,13?/m1/s1. The molecule has 4 atom stereocenters. The molecule has 3 nitrogen and oxygen atoms in total. The summed E-state index contributed by atoms with van der Waals surface area (Å²) in [4.78, 5) is 12.0. The topological polar surface area (TPSA) is 38.3 Å². The molecular formula is C14H25NO2. The van der Waals surface area contributed by atoms with Crippen molar-refractivity contribution >= 4 is 5.97 Å². The third kappa shape index (κ3) is 3.44. The zero-order valence-electron chi connectivity index (χ0n) is 11.1. The van der Waals surface area contributed by atoms with E-state index in [1.165, 1.54) is 6.42 Å². The Morgan fingerprint density at radius 1 is 1.18 bits per heavy atom. The highest BCUT2D eigenvalue weighted by Gasteiger charge is 2.30. The van der Waals surface area contributed by atoms with Crippen LogP contribution < -0.4 is 5.32 Å². The van der Waals surface area contributed by atoms with Gasteiger partial charge in [-0.15, -0.1) is 0 Å². The minimum atomic E-state index is 0.0314. The minimum absolute atomic E-state index is 0.0314. The second kappa shape index (κ2) is 5.85. The van der Waals surface area contributed by atoms with Crippen molar-refractivity contribution in [2.24, 2.45) is 17.8 Å². The Morgan fingerprint density at radius 2 is 2.00 bits per heavy atom. The Kier molecular flexibility index (Phi) is 4.43. The first-order valence-corrected chi connectivity index (χ1v) is 7.08. The van der Waals surface area contributed by atoms with Crippen LogP contribution in [-0.2, 0) is 9.53 Å². The molecule has 0 aromatic rings. The van der Waals surface area contributed by atoms with Gasteiger partial charge in [0.1, 0.15) is 6.10 Å². The largest absolute Gasteiger partial charge is 0.462 e. The smallest absolute Gasteiger partial charge is 0.310 e. The number of hydrogen-bond acceptors (Lipinski definition) is 3. The molecule has 2 aliphatic rings. The van der Waals surface area contributed by atoms with Crippen molar-refractivity contribution in [3.8, 4) is 0 Å². The van der Waals surface area contributed by atoms with E-state index in [2.05, 4.69) is 19.2 Å². The Morgan fingerprint density at radius 3 is 2.65 bits per heavy atom. The van der Waals surface area contributed by atoms with Crippen LogP contribution in [0.5, 0.6) is 0 Å². The van der Waals surface area contributed by atoms with Crippen LogP contribution in [0.25, 0.3) is 0 Å². The van der Waals surface area contributed by atoms with Gasteiger partial charge in [-0.1, -0.05) is 13.8 Å². The fourth-order valence-electron chi connectivity index (χ4n) is 2.92. The minimum Gasteiger partial charge on any atom is -0.462 e. The normalized spacial score (nSPS) is 38.7. The molecule has 1 saturated carbocycles. The summed E-state index contributed by atoms with van der Waals surface area (Å²) in [5.74, 6) is 1.59. The molecule has 2 fully saturated rings. The maximum Gasteiger partial charge on any atom is 0.310 e. The number of piperidine rings is 1. The fraction of sp³-hybridized carbons (Fsp3) is 0.929. The predicted octanol–water partition coefficient (Wildman–Crippen LogP) is 2.35. The van der Waals surface area contributed by atoms with E-state index in [0.29, 0.717) is 5.92 Å². The molecule has 3 unspecified atom stereocenters. The van der Waals surface area contributed by atoms with Gasteiger partial charge in [0.15, 0.2) is 0 Å². The SMILES string of the molecule is CC1CCC(OC(=O)[C@@H]2CCCNC2)CC1C. The Labute approximate surface area is 104 Å². The molecule has 1 N–H and O–H groups in total. The Balaban J connectivity index is 1.78. The Hall–Kier alpha value is -0.570. The molecule has 3 heteroatoms. The van der Waals surface area contributed by atoms with E-state index in [1.807, 2.05) is 0 Å². The van der Waals surface area contributed by atoms with Crippen LogP contribution >= 0.6 is 0 Å². The van der Waals surface area contributed by atoms with Gasteiger partial charge in [-0.25, -0.2) is 0 Å². The highest BCUT2D eigenvalue weighted by Crippen LogP contribution is 2.31. The van der Waals surface area contributed by atoms with Gasteiger partial charge in [-0.2, -0.15) is 0 Å². The van der Waals surface area contributed by atoms with E-state index in [-0.39, 0.29) is 18.0 Å². The first kappa shape index (κ1) is 12.9. The van der Waals surface area contributed by atoms with Crippen LogP contribution in [0.2, 0.25) is 0 Å². The van der Waals surface area contributed by atoms with E-state index in [1.54, 1.807) is 0 Å². The molecule has 1 saturated heterocycles. The molecule has 1 aliphatic heterocycles. The van der Waals surface area contributed by atoms with Crippen molar-refractivity contribution in [3.63, 3.8) is 0 Å². The van der Waals surface area contributed by atoms with Crippen LogP contribution in [0, 0.1) is 17.8 Å². The van der Waals surface area contributed by atoms with Gasteiger partial charge in [0, 0.05) is 6.54 Å². The lowest BCUT2D eigenvalue weighted by Gasteiger charge is -2.33. The van der Waals surface area contributed by atoms with Crippen molar-refractivity contribution in [2.75, 3.05) is 13.1 Å². The summed E-state index contributed by atoms with van der Waals surface area (Å²) < 4.78 is 5.67. The predicted molar refractivity (Wildman–Crippen MR) is 67.7 cm³/mol. The average molecular weight is 239 g/mol. The first-order chi connectivity index (χ1) is 8.16. The second-order valence-electron chi connectivity index (χ2n) is 5.87. The van der Waals surface area contributed by atoms with Gasteiger partial charge in [0.2, 0.25) is 0 Å². The lowest BCUT2D eigenvalue weighted by molar-refractivity contribution is -0.157. The Bertz CT molecular complexity index is 261. The highest BCUT2D eigenvalue weighted by atomic mass is 16.5. The molecule has 17 heavy (non-hydrogen) atoms. The van der Waals surface area contributed by atoms with Crippen LogP contribution in [0.4, 0.5) is 0 Å². The monoisotopic (exact) mass is 239 g/mol. The van der Waals surface area contributed by atoms with Crippen molar-refractivity contribution in [1.29, 1.82) is 0 Å². The fourth-order valence-corrected chi connectivity index (χ4v) is 2.92. The summed E-state index contributed by atoms with van der Waals surface area (Å²) in [5, 5.41) is 3.27. The van der Waals surface area contributed by atoms with E-state index < -0.39 is 0 Å². The van der Waals surface area contributed by atoms with Crippen molar-refractivity contribution in [3.05, 3.63) is 0 Å². The highest BCUT2D eigenvalue weighted by molar-refractivity contribution is 5.73. The van der Waals surface area contributed by atoms with Gasteiger partial charge >= 0.3 is 5.97 Å². The van der Waals surface area contributed by atoms with Gasteiger partial charge in [0.05, 0.1) is 5.92 Å². The number of nitrogens with one attached hydrogen (secondary N) is 1. The molecule has 0 radical (unpaired) electrons. The van der Waals surface area contributed by atoms with Gasteiger partial charge in [0.25, 0.3) is 0 Å². The van der Waals surface area contributed by atoms with Crippen molar-refractivity contribution < 1.29 is 9.53 Å². The lowest BCUT2D eigenvalue weighted by Crippen LogP contribution is -2.38. The van der Waals surface area contributed by atoms with E-state index in [0.717, 1.165) is 44.7 Å². The van der Waals surface area contributed by atoms with Crippen LogP contribution in [-0.4, -0.2) is 25.2 Å². The van der Waals surface area contributed by atoms with Crippen molar-refractivity contribution in [2.45, 2.75) is 52.1 Å². The maximum atomic E-state index is 12.0. The molecule has 0 aromatic heterocycles. The van der Waals surface area contributed by atoms with Gasteiger partial charge < -0.3 is 10.1 Å². The summed E-state index contributed by atoms with van der Waals surface area (Å²) in [5.41, 5.74) is 0. The summed E-state index contributed by atoms with van der Waals surface area (Å²) in [7, 11) is 0. The molecule has 98 valence electrons. The van der Waals surface area contributed by atoms with E-state index in [9.17, 15) is 4.79 Å². The van der Waals surface area contributed by atoms with Crippen molar-refractivity contribution in [1.82, 2.24) is 5.32 Å². The van der Waals surface area contributed by atoms with E-state index in [4.69, 9.17) is 4.74 Å². The maximum absolute atomic E-state index is 12.0. The molecule has 2 rings (SSSR count). The zero-order chi connectivity index (χ0) is 12.3. The molecule has 0 spiro atoms. The molecule has 0 amide bonds. The average Bonchev–Trinajstić information content (AvgIpc) is 2.35. The first-order valence-electron chi connectivity index (χ1n) is 7.08. The van der Waals surface area contributed by atoms with Gasteiger partial charge in [-0.05, 0) is 50.5 Å². The molecule has 1 heterocycles. The summed E-state index contributed by atoms with van der Waals surface area (Å²) >= 11 is 0. The summed E-state index contributed by atoms with van der Waals surface area (Å²) in [6.45, 7) is 6.42. The molecule has 1 aliphatic carbocycles. The second-order valence-corrected chi connectivity index (χ2v) is 5.87. The number of rotatable bonds is 2. The van der Waals surface area contributed by atoms with Crippen LogP contribution in [0.3, 0.4) is 0 Å². The number of carbonyl (C=O) groups excluding carboxylic acids is 1. The number of carbonyl (C=O) groups is 1. The van der Waals surface area contributed by atoms with Gasteiger partial charge in [-0.3, -0.25) is 4.79 Å². The molecular weight excluding hydrogens is 214 g/mol. The number of esters is 1. The lowest BCUT2D eigenvalue weighted by atomic mass is 9.80. The summed E-state index contributed by atoms with van der Waals surface area (Å²) in [6.07, 6.45) is 5.56. The zero-order valence-corrected chi connectivity index (χ0v) is 11.1. The van der Waals surface area contributed by atoms with Crippen LogP contribution in [0.1, 0.15) is 46.0 Å².